The molecule has 2 atom stereocenters. The molecule has 2 amide bonds. The van der Waals surface area contributed by atoms with E-state index in [-0.39, 0.29) is 24.3 Å². The summed E-state index contributed by atoms with van der Waals surface area (Å²) in [6, 6.07) is 8.78. The Balaban J connectivity index is 0.00000218. The Morgan fingerprint density at radius 3 is 2.33 bits per heavy atom. The molecule has 0 fully saturated rings. The Morgan fingerprint density at radius 2 is 1.70 bits per heavy atom. The molecule has 2 N–H and O–H groups in total. The van der Waals surface area contributed by atoms with E-state index < -0.39 is 29.9 Å². The normalized spacial score (nSPS) is 12.0. The number of pyridine rings is 1. The van der Waals surface area contributed by atoms with Crippen LogP contribution in [0.2, 0.25) is 0 Å². The van der Waals surface area contributed by atoms with Gasteiger partial charge in [0.05, 0.1) is 25.1 Å². The topological polar surface area (TPSA) is 114 Å². The first-order valence-corrected chi connectivity index (χ1v) is 9.92. The van der Waals surface area contributed by atoms with Gasteiger partial charge < -0.3 is 15.4 Å². The fourth-order valence-corrected chi connectivity index (χ4v) is 2.57. The molecule has 30 heavy (non-hydrogen) atoms. The maximum atomic E-state index is 12.4. The number of hydrogen-bond acceptors (Lipinski definition) is 6. The first kappa shape index (κ1) is 24.7. The zero-order chi connectivity index (χ0) is 22.7. The molecule has 0 saturated heterocycles. The molecule has 0 bridgehead atoms. The summed E-state index contributed by atoms with van der Waals surface area (Å²) in [5, 5.41) is 5.94. The fourth-order valence-electron chi connectivity index (χ4n) is 2.57. The van der Waals surface area contributed by atoms with E-state index in [1.54, 1.807) is 25.1 Å². The molecule has 0 aliphatic rings. The Kier molecular flexibility index (Phi) is 10.2. The monoisotopic (exact) mass is 415 g/mol. The summed E-state index contributed by atoms with van der Waals surface area (Å²) < 4.78 is 4.55. The van der Waals surface area contributed by atoms with Crippen molar-refractivity contribution >= 4 is 34.5 Å². The minimum absolute atomic E-state index is 0.156. The van der Waals surface area contributed by atoms with Gasteiger partial charge in [0.25, 0.3) is 5.91 Å². The first-order valence-electron chi connectivity index (χ1n) is 9.92. The molecule has 0 saturated carbocycles. The van der Waals surface area contributed by atoms with Gasteiger partial charge >= 0.3 is 5.97 Å². The third-order valence-corrected chi connectivity index (χ3v) is 4.22. The van der Waals surface area contributed by atoms with Crippen LogP contribution in [0.15, 0.2) is 36.4 Å². The van der Waals surface area contributed by atoms with E-state index in [1.807, 2.05) is 32.0 Å². The highest BCUT2D eigenvalue weighted by Gasteiger charge is 2.26. The predicted octanol–water partition coefficient (Wildman–Crippen LogP) is 2.41. The molecule has 1 aromatic carbocycles. The molecule has 2 aromatic rings. The van der Waals surface area contributed by atoms with Crippen molar-refractivity contribution in [2.24, 2.45) is 0 Å². The fraction of sp³-hybridized carbons (Fsp3) is 0.409. The average molecular weight is 415 g/mol. The van der Waals surface area contributed by atoms with Crippen molar-refractivity contribution < 1.29 is 23.9 Å². The maximum absolute atomic E-state index is 12.4. The van der Waals surface area contributed by atoms with Crippen molar-refractivity contribution in [2.45, 2.75) is 52.6 Å². The zero-order valence-electron chi connectivity index (χ0n) is 18.0. The molecule has 8 heteroatoms. The Hall–Kier alpha value is -3.29. The number of fused-ring (bicyclic) bond motifs is 1. The molecule has 0 aliphatic carbocycles. The average Bonchev–Trinajstić information content (AvgIpc) is 2.78. The van der Waals surface area contributed by atoms with Gasteiger partial charge in [0.15, 0.2) is 5.78 Å². The third-order valence-electron chi connectivity index (χ3n) is 4.22. The van der Waals surface area contributed by atoms with Crippen LogP contribution in [0.1, 0.15) is 51.0 Å². The van der Waals surface area contributed by atoms with Crippen molar-refractivity contribution in [1.29, 1.82) is 0 Å². The number of carbonyl (C=O) groups excluding carboxylic acids is 4. The van der Waals surface area contributed by atoms with Crippen LogP contribution < -0.4 is 10.6 Å². The number of Topliss-reactive ketones (excluding diaryl/α,β-unsaturated/α-hetero) is 1. The number of ether oxygens (including phenoxy) is 1. The molecule has 0 radical (unpaired) electrons. The summed E-state index contributed by atoms with van der Waals surface area (Å²) in [5.74, 6) is -2.00. The minimum Gasteiger partial charge on any atom is -0.469 e. The van der Waals surface area contributed by atoms with Crippen LogP contribution >= 0.6 is 0 Å². The van der Waals surface area contributed by atoms with E-state index in [2.05, 4.69) is 20.4 Å². The van der Waals surface area contributed by atoms with Gasteiger partial charge in [0, 0.05) is 11.8 Å². The highest BCUT2D eigenvalue weighted by Crippen LogP contribution is 2.11. The Bertz CT molecular complexity index is 897. The molecule has 1 aromatic heterocycles. The van der Waals surface area contributed by atoms with Crippen LogP contribution in [0.3, 0.4) is 0 Å². The molecular formula is C22H29N3O5. The lowest BCUT2D eigenvalue weighted by Crippen LogP contribution is -2.51. The predicted molar refractivity (Wildman–Crippen MR) is 114 cm³/mol. The standard InChI is InChI=1S/C20H23N3O5.C2H6/c1-4-17(24)16(11-18(25)28-3)23-19(26)12(2)21-20(27)15-10-9-13-7-5-6-8-14(13)22-15;1-2/h5-10,12,16H,4,11H2,1-3H3,(H,21,27)(H,23,26);1-2H3. The second-order valence-electron chi connectivity index (χ2n) is 6.25. The number of para-hydroxylation sites is 1. The van der Waals surface area contributed by atoms with Crippen LogP contribution in [0.5, 0.6) is 0 Å². The van der Waals surface area contributed by atoms with Crippen molar-refractivity contribution in [2.75, 3.05) is 7.11 Å². The molecule has 8 nitrogen and oxygen atoms in total. The number of esters is 1. The number of methoxy groups -OCH3 is 1. The lowest BCUT2D eigenvalue weighted by atomic mass is 10.1. The van der Waals surface area contributed by atoms with E-state index >= 15 is 0 Å². The number of amides is 2. The second-order valence-corrected chi connectivity index (χ2v) is 6.25. The lowest BCUT2D eigenvalue weighted by molar-refractivity contribution is -0.143. The van der Waals surface area contributed by atoms with Crippen LogP contribution in [-0.4, -0.2) is 47.7 Å². The van der Waals surface area contributed by atoms with Gasteiger partial charge in [0.2, 0.25) is 5.91 Å². The summed E-state index contributed by atoms with van der Waals surface area (Å²) >= 11 is 0. The molecule has 2 unspecified atom stereocenters. The molecule has 0 spiro atoms. The number of nitrogens with zero attached hydrogens (tertiary/aromatic N) is 1. The van der Waals surface area contributed by atoms with Crippen LogP contribution in [0.4, 0.5) is 0 Å². The van der Waals surface area contributed by atoms with Gasteiger partial charge in [-0.15, -0.1) is 0 Å². The maximum Gasteiger partial charge on any atom is 0.308 e. The van der Waals surface area contributed by atoms with Crippen molar-refractivity contribution in [1.82, 2.24) is 15.6 Å². The largest absolute Gasteiger partial charge is 0.469 e. The van der Waals surface area contributed by atoms with Gasteiger partial charge in [0.1, 0.15) is 11.7 Å². The number of rotatable bonds is 8. The van der Waals surface area contributed by atoms with E-state index in [9.17, 15) is 19.2 Å². The molecule has 162 valence electrons. The molecular weight excluding hydrogens is 386 g/mol. The Labute approximate surface area is 176 Å². The summed E-state index contributed by atoms with van der Waals surface area (Å²) in [5.41, 5.74) is 0.841. The molecule has 0 aliphatic heterocycles. The second kappa shape index (κ2) is 12.3. The Morgan fingerprint density at radius 1 is 1.03 bits per heavy atom. The van der Waals surface area contributed by atoms with Gasteiger partial charge in [-0.1, -0.05) is 45.0 Å². The smallest absolute Gasteiger partial charge is 0.308 e. The summed E-state index contributed by atoms with van der Waals surface area (Å²) in [6.07, 6.45) is -0.106. The van der Waals surface area contributed by atoms with E-state index in [0.717, 1.165) is 5.39 Å². The number of aromatic nitrogens is 1. The number of ketones is 1. The van der Waals surface area contributed by atoms with E-state index in [4.69, 9.17) is 0 Å². The molecule has 2 rings (SSSR count). The number of hydrogen-bond donors (Lipinski definition) is 2. The van der Waals surface area contributed by atoms with Gasteiger partial charge in [-0.25, -0.2) is 4.98 Å². The van der Waals surface area contributed by atoms with Crippen LogP contribution in [-0.2, 0) is 19.1 Å². The van der Waals surface area contributed by atoms with Crippen LogP contribution in [0.25, 0.3) is 10.9 Å². The number of benzene rings is 1. The van der Waals surface area contributed by atoms with Crippen molar-refractivity contribution in [3.8, 4) is 0 Å². The number of carbonyl (C=O) groups is 4. The van der Waals surface area contributed by atoms with E-state index in [1.165, 1.54) is 14.0 Å². The van der Waals surface area contributed by atoms with Crippen LogP contribution in [0, 0.1) is 0 Å². The lowest BCUT2D eigenvalue weighted by Gasteiger charge is -2.19. The minimum atomic E-state index is -0.997. The van der Waals surface area contributed by atoms with Gasteiger partial charge in [-0.2, -0.15) is 0 Å². The molecule has 1 heterocycles. The summed E-state index contributed by atoms with van der Waals surface area (Å²) in [4.78, 5) is 52.5. The van der Waals surface area contributed by atoms with Gasteiger partial charge in [-0.05, 0) is 19.1 Å². The van der Waals surface area contributed by atoms with E-state index in [0.29, 0.717) is 5.52 Å². The zero-order valence-corrected chi connectivity index (χ0v) is 18.0. The quantitative estimate of drug-likeness (QED) is 0.640. The van der Waals surface area contributed by atoms with Crippen molar-refractivity contribution in [3.05, 3.63) is 42.1 Å². The highest BCUT2D eigenvalue weighted by molar-refractivity contribution is 5.99. The summed E-state index contributed by atoms with van der Waals surface area (Å²) in [7, 11) is 1.21. The highest BCUT2D eigenvalue weighted by atomic mass is 16.5. The van der Waals surface area contributed by atoms with Crippen molar-refractivity contribution in [3.63, 3.8) is 0 Å². The first-order chi connectivity index (χ1) is 14.3. The number of nitrogens with one attached hydrogen (secondary N) is 2. The third kappa shape index (κ3) is 6.95. The summed E-state index contributed by atoms with van der Waals surface area (Å²) in [6.45, 7) is 7.12. The van der Waals surface area contributed by atoms with Gasteiger partial charge in [-0.3, -0.25) is 19.2 Å². The SMILES string of the molecule is CC.CCC(=O)C(CC(=O)OC)NC(=O)C(C)NC(=O)c1ccc2ccccc2n1.